The zero-order valence-electron chi connectivity index (χ0n) is 13.3. The van der Waals surface area contributed by atoms with Crippen molar-refractivity contribution >= 4 is 5.91 Å². The standard InChI is InChI=1S/C18H23N3O/c1-14(2)11-21(17-7-8-17)18(22)16-5-3-15(4-6-16)12-20-10-9-19-13-20/h3-6,9-10,13-14,17H,7-8,11-12H2,1-2H3. The van der Waals surface area contributed by atoms with Crippen LogP contribution in [0, 0.1) is 5.92 Å². The summed E-state index contributed by atoms with van der Waals surface area (Å²) in [4.78, 5) is 18.8. The highest BCUT2D eigenvalue weighted by molar-refractivity contribution is 5.94. The lowest BCUT2D eigenvalue weighted by Crippen LogP contribution is -2.36. The fourth-order valence-electron chi connectivity index (χ4n) is 2.69. The molecule has 1 aromatic heterocycles. The zero-order chi connectivity index (χ0) is 15.5. The van der Waals surface area contributed by atoms with Crippen molar-refractivity contribution in [1.29, 1.82) is 0 Å². The SMILES string of the molecule is CC(C)CN(C(=O)c1ccc(Cn2ccnc2)cc1)C1CC1. The summed E-state index contributed by atoms with van der Waals surface area (Å²) in [5.41, 5.74) is 1.97. The van der Waals surface area contributed by atoms with Gasteiger partial charge < -0.3 is 9.47 Å². The van der Waals surface area contributed by atoms with Gasteiger partial charge in [-0.1, -0.05) is 26.0 Å². The Hall–Kier alpha value is -2.10. The van der Waals surface area contributed by atoms with Crippen LogP contribution in [0.25, 0.3) is 0 Å². The number of carbonyl (C=O) groups is 1. The van der Waals surface area contributed by atoms with E-state index < -0.39 is 0 Å². The number of rotatable bonds is 6. The highest BCUT2D eigenvalue weighted by Gasteiger charge is 2.33. The number of carbonyl (C=O) groups excluding carboxylic acids is 1. The Balaban J connectivity index is 1.69. The third-order valence-electron chi connectivity index (χ3n) is 3.94. The first kappa shape index (κ1) is 14.8. The van der Waals surface area contributed by atoms with Gasteiger partial charge in [0.1, 0.15) is 0 Å². The Kier molecular flexibility index (Phi) is 4.27. The van der Waals surface area contributed by atoms with E-state index in [9.17, 15) is 4.79 Å². The molecule has 0 unspecified atom stereocenters. The molecule has 1 aliphatic carbocycles. The van der Waals surface area contributed by atoms with Gasteiger partial charge in [0, 0.05) is 37.1 Å². The Labute approximate surface area is 131 Å². The molecule has 116 valence electrons. The number of nitrogens with zero attached hydrogens (tertiary/aromatic N) is 3. The molecule has 1 amide bonds. The van der Waals surface area contributed by atoms with Crippen LogP contribution in [0.2, 0.25) is 0 Å². The quantitative estimate of drug-likeness (QED) is 0.821. The van der Waals surface area contributed by atoms with Crippen LogP contribution >= 0.6 is 0 Å². The van der Waals surface area contributed by atoms with Gasteiger partial charge in [0.05, 0.1) is 6.33 Å². The maximum atomic E-state index is 12.7. The molecule has 1 saturated carbocycles. The minimum absolute atomic E-state index is 0.172. The van der Waals surface area contributed by atoms with Crippen LogP contribution in [0.15, 0.2) is 43.0 Å². The molecular weight excluding hydrogens is 274 g/mol. The number of hydrogen-bond donors (Lipinski definition) is 0. The van der Waals surface area contributed by atoms with E-state index in [-0.39, 0.29) is 5.91 Å². The summed E-state index contributed by atoms with van der Waals surface area (Å²) in [5, 5.41) is 0. The van der Waals surface area contributed by atoms with Crippen molar-refractivity contribution < 1.29 is 4.79 Å². The lowest BCUT2D eigenvalue weighted by molar-refractivity contribution is 0.0722. The van der Waals surface area contributed by atoms with E-state index in [0.717, 1.165) is 31.5 Å². The third-order valence-corrected chi connectivity index (χ3v) is 3.94. The Morgan fingerprint density at radius 3 is 2.59 bits per heavy atom. The average Bonchev–Trinajstić information content (AvgIpc) is 3.22. The molecule has 0 saturated heterocycles. The molecule has 4 nitrogen and oxygen atoms in total. The van der Waals surface area contributed by atoms with Crippen LogP contribution < -0.4 is 0 Å². The van der Waals surface area contributed by atoms with E-state index in [1.807, 2.05) is 35.0 Å². The monoisotopic (exact) mass is 297 g/mol. The smallest absolute Gasteiger partial charge is 0.254 e. The first-order valence-corrected chi connectivity index (χ1v) is 7.99. The van der Waals surface area contributed by atoms with Crippen molar-refractivity contribution in [1.82, 2.24) is 14.5 Å². The molecule has 1 fully saturated rings. The maximum Gasteiger partial charge on any atom is 0.254 e. The predicted molar refractivity (Wildman–Crippen MR) is 86.7 cm³/mol. The van der Waals surface area contributed by atoms with Gasteiger partial charge in [-0.05, 0) is 36.5 Å². The number of amides is 1. The highest BCUT2D eigenvalue weighted by Crippen LogP contribution is 2.29. The Bertz CT molecular complexity index is 612. The molecule has 1 aliphatic rings. The molecule has 22 heavy (non-hydrogen) atoms. The van der Waals surface area contributed by atoms with Crippen molar-refractivity contribution in [3.8, 4) is 0 Å². The summed E-state index contributed by atoms with van der Waals surface area (Å²) in [6, 6.07) is 8.43. The lowest BCUT2D eigenvalue weighted by atomic mass is 10.1. The largest absolute Gasteiger partial charge is 0.335 e. The molecule has 0 bridgehead atoms. The molecule has 0 radical (unpaired) electrons. The first-order valence-electron chi connectivity index (χ1n) is 7.99. The minimum atomic E-state index is 0.172. The Morgan fingerprint density at radius 2 is 2.05 bits per heavy atom. The van der Waals surface area contributed by atoms with Crippen LogP contribution in [0.3, 0.4) is 0 Å². The predicted octanol–water partition coefficient (Wildman–Crippen LogP) is 3.19. The van der Waals surface area contributed by atoms with E-state index in [2.05, 4.69) is 23.7 Å². The zero-order valence-corrected chi connectivity index (χ0v) is 13.3. The van der Waals surface area contributed by atoms with E-state index >= 15 is 0 Å². The van der Waals surface area contributed by atoms with Crippen LogP contribution in [0.5, 0.6) is 0 Å². The maximum absolute atomic E-state index is 12.7. The molecule has 0 aliphatic heterocycles. The average molecular weight is 297 g/mol. The topological polar surface area (TPSA) is 38.1 Å². The van der Waals surface area contributed by atoms with Gasteiger partial charge in [-0.15, -0.1) is 0 Å². The van der Waals surface area contributed by atoms with Gasteiger partial charge >= 0.3 is 0 Å². The second-order valence-electron chi connectivity index (χ2n) is 6.51. The summed E-state index contributed by atoms with van der Waals surface area (Å²) < 4.78 is 2.02. The van der Waals surface area contributed by atoms with Crippen LogP contribution in [0.4, 0.5) is 0 Å². The van der Waals surface area contributed by atoms with Crippen LogP contribution in [-0.2, 0) is 6.54 Å². The second-order valence-corrected chi connectivity index (χ2v) is 6.51. The van der Waals surface area contributed by atoms with Gasteiger partial charge in [-0.3, -0.25) is 4.79 Å². The fraction of sp³-hybridized carbons (Fsp3) is 0.444. The number of benzene rings is 1. The van der Waals surface area contributed by atoms with Crippen molar-refractivity contribution in [2.75, 3.05) is 6.54 Å². The van der Waals surface area contributed by atoms with Crippen molar-refractivity contribution in [2.45, 2.75) is 39.3 Å². The molecule has 4 heteroatoms. The molecule has 1 heterocycles. The van der Waals surface area contributed by atoms with Crippen LogP contribution in [-0.4, -0.2) is 32.9 Å². The molecule has 0 N–H and O–H groups in total. The highest BCUT2D eigenvalue weighted by atomic mass is 16.2. The van der Waals surface area contributed by atoms with E-state index in [1.165, 1.54) is 5.56 Å². The van der Waals surface area contributed by atoms with Crippen LogP contribution in [0.1, 0.15) is 42.6 Å². The van der Waals surface area contributed by atoms with Gasteiger partial charge in [-0.2, -0.15) is 0 Å². The van der Waals surface area contributed by atoms with Gasteiger partial charge in [0.25, 0.3) is 5.91 Å². The van der Waals surface area contributed by atoms with Crippen molar-refractivity contribution in [3.05, 3.63) is 54.1 Å². The molecule has 0 atom stereocenters. The second kappa shape index (κ2) is 6.34. The normalized spacial score (nSPS) is 14.3. The van der Waals surface area contributed by atoms with Gasteiger partial charge in [-0.25, -0.2) is 4.98 Å². The molecule has 0 spiro atoms. The molecular formula is C18H23N3O. The summed E-state index contributed by atoms with van der Waals surface area (Å²) in [6.07, 6.45) is 7.82. The van der Waals surface area contributed by atoms with E-state index in [4.69, 9.17) is 0 Å². The molecule has 1 aromatic carbocycles. The minimum Gasteiger partial charge on any atom is -0.335 e. The lowest BCUT2D eigenvalue weighted by Gasteiger charge is -2.24. The number of imidazole rings is 1. The summed E-state index contributed by atoms with van der Waals surface area (Å²) in [7, 11) is 0. The van der Waals surface area contributed by atoms with E-state index in [1.54, 1.807) is 12.5 Å². The molecule has 3 rings (SSSR count). The first-order chi connectivity index (χ1) is 10.6. The van der Waals surface area contributed by atoms with Crippen molar-refractivity contribution in [2.24, 2.45) is 5.92 Å². The fourth-order valence-corrected chi connectivity index (χ4v) is 2.69. The summed E-state index contributed by atoms with van der Waals surface area (Å²) >= 11 is 0. The third kappa shape index (κ3) is 3.56. The summed E-state index contributed by atoms with van der Waals surface area (Å²) in [5.74, 6) is 0.676. The van der Waals surface area contributed by atoms with Crippen molar-refractivity contribution in [3.63, 3.8) is 0 Å². The van der Waals surface area contributed by atoms with E-state index in [0.29, 0.717) is 12.0 Å². The number of hydrogen-bond acceptors (Lipinski definition) is 2. The number of aromatic nitrogens is 2. The summed E-state index contributed by atoms with van der Waals surface area (Å²) in [6.45, 7) is 5.96. The Morgan fingerprint density at radius 1 is 1.32 bits per heavy atom. The van der Waals surface area contributed by atoms with Gasteiger partial charge in [0.15, 0.2) is 0 Å². The van der Waals surface area contributed by atoms with Gasteiger partial charge in [0.2, 0.25) is 0 Å². The molecule has 2 aromatic rings.